The number of nitrogens with zero attached hydrogens (tertiary/aromatic N) is 2. The fraction of sp³-hybridized carbons (Fsp3) is 0.333. The molecule has 0 N–H and O–H groups in total. The summed E-state index contributed by atoms with van der Waals surface area (Å²) >= 11 is 0. The molecule has 0 fully saturated rings. The molecule has 0 atom stereocenters. The van der Waals surface area contributed by atoms with Crippen LogP contribution in [0.2, 0.25) is 0 Å². The van der Waals surface area contributed by atoms with Gasteiger partial charge in [-0.25, -0.2) is 0 Å². The number of carbonyl (C=O) groups is 1. The third-order valence-corrected chi connectivity index (χ3v) is 3.21. The van der Waals surface area contributed by atoms with E-state index < -0.39 is 0 Å². The molecule has 0 bridgehead atoms. The van der Waals surface area contributed by atoms with Gasteiger partial charge in [0.2, 0.25) is 0 Å². The molecular formula is C15H18N2O2. The monoisotopic (exact) mass is 258 g/mol. The highest BCUT2D eigenvalue weighted by Crippen LogP contribution is 2.27. The number of anilines is 1. The van der Waals surface area contributed by atoms with Gasteiger partial charge in [0, 0.05) is 7.05 Å². The van der Waals surface area contributed by atoms with Gasteiger partial charge < -0.3 is 10.1 Å². The molecule has 1 aromatic rings. The zero-order chi connectivity index (χ0) is 13.8. The summed E-state index contributed by atoms with van der Waals surface area (Å²) in [7, 11) is 1.68. The Morgan fingerprint density at radius 1 is 1.37 bits per heavy atom. The second-order valence-corrected chi connectivity index (χ2v) is 4.58. The standard InChI is InChI=1S/C15H18N2O2/c1-3-4-5-8-11-17(19)14-12-9-6-7-10-13(12)16(2)15(14)18/h6-11H,3-5H2,1-2H3/b11-8+,17-14+. The van der Waals surface area contributed by atoms with Gasteiger partial charge in [-0.05, 0) is 31.1 Å². The summed E-state index contributed by atoms with van der Waals surface area (Å²) in [5.41, 5.74) is 1.68. The Labute approximate surface area is 113 Å². The first kappa shape index (κ1) is 13.3. The van der Waals surface area contributed by atoms with Crippen LogP contribution >= 0.6 is 0 Å². The number of para-hydroxylation sites is 1. The van der Waals surface area contributed by atoms with E-state index in [2.05, 4.69) is 6.92 Å². The van der Waals surface area contributed by atoms with Gasteiger partial charge in [0.05, 0.1) is 11.3 Å². The van der Waals surface area contributed by atoms with Gasteiger partial charge in [0.25, 0.3) is 5.71 Å². The normalized spacial score (nSPS) is 17.2. The molecule has 0 unspecified atom stereocenters. The second-order valence-electron chi connectivity index (χ2n) is 4.58. The van der Waals surface area contributed by atoms with Crippen molar-refractivity contribution in [1.82, 2.24) is 0 Å². The molecule has 0 saturated carbocycles. The summed E-state index contributed by atoms with van der Waals surface area (Å²) in [6, 6.07) is 7.34. The summed E-state index contributed by atoms with van der Waals surface area (Å²) < 4.78 is 0.681. The molecule has 1 heterocycles. The Morgan fingerprint density at radius 2 is 2.11 bits per heavy atom. The molecule has 0 aromatic heterocycles. The highest BCUT2D eigenvalue weighted by atomic mass is 16.5. The number of hydroxylamine groups is 1. The average molecular weight is 258 g/mol. The maximum absolute atomic E-state index is 12.1. The lowest BCUT2D eigenvalue weighted by molar-refractivity contribution is -0.377. The van der Waals surface area contributed by atoms with Gasteiger partial charge in [0.15, 0.2) is 6.20 Å². The van der Waals surface area contributed by atoms with E-state index >= 15 is 0 Å². The minimum absolute atomic E-state index is 0.200. The molecule has 0 radical (unpaired) electrons. The lowest BCUT2D eigenvalue weighted by Gasteiger charge is -2.06. The molecule has 4 nitrogen and oxygen atoms in total. The van der Waals surface area contributed by atoms with Crippen molar-refractivity contribution < 1.29 is 9.53 Å². The first-order chi connectivity index (χ1) is 9.16. The Morgan fingerprint density at radius 3 is 2.84 bits per heavy atom. The summed E-state index contributed by atoms with van der Waals surface area (Å²) in [5.74, 6) is -0.253. The molecule has 1 aromatic carbocycles. The van der Waals surface area contributed by atoms with E-state index in [1.54, 1.807) is 13.1 Å². The fourth-order valence-electron chi connectivity index (χ4n) is 2.13. The molecule has 4 heteroatoms. The Kier molecular flexibility index (Phi) is 4.00. The van der Waals surface area contributed by atoms with E-state index in [4.69, 9.17) is 0 Å². The van der Waals surface area contributed by atoms with E-state index in [0.717, 1.165) is 24.9 Å². The van der Waals surface area contributed by atoms with Gasteiger partial charge in [-0.15, -0.1) is 0 Å². The van der Waals surface area contributed by atoms with Crippen LogP contribution in [-0.4, -0.2) is 23.4 Å². The van der Waals surface area contributed by atoms with Crippen LogP contribution in [0.1, 0.15) is 31.7 Å². The van der Waals surface area contributed by atoms with E-state index in [-0.39, 0.29) is 11.6 Å². The lowest BCUT2D eigenvalue weighted by Crippen LogP contribution is -2.29. The number of hydrogen-bond acceptors (Lipinski definition) is 2. The third-order valence-electron chi connectivity index (χ3n) is 3.21. The van der Waals surface area contributed by atoms with Crippen LogP contribution in [0.15, 0.2) is 36.5 Å². The lowest BCUT2D eigenvalue weighted by atomic mass is 10.1. The summed E-state index contributed by atoms with van der Waals surface area (Å²) in [4.78, 5) is 13.6. The van der Waals surface area contributed by atoms with Gasteiger partial charge in [-0.3, -0.25) is 4.79 Å². The molecule has 0 aliphatic carbocycles. The molecule has 0 spiro atoms. The molecule has 1 aliphatic heterocycles. The number of unbranched alkanes of at least 4 members (excludes halogenated alkanes) is 2. The van der Waals surface area contributed by atoms with Crippen molar-refractivity contribution in [3.63, 3.8) is 0 Å². The van der Waals surface area contributed by atoms with Crippen molar-refractivity contribution >= 4 is 17.3 Å². The molecule has 1 amide bonds. The quantitative estimate of drug-likeness (QED) is 0.361. The SMILES string of the molecule is CCCC/C=C/[N+]([O-])=C1\C(=O)N(C)c2ccccc21. The molecule has 1 aliphatic rings. The number of allylic oxidation sites excluding steroid dienone is 1. The zero-order valence-electron chi connectivity index (χ0n) is 11.3. The van der Waals surface area contributed by atoms with Crippen molar-refractivity contribution in [2.45, 2.75) is 26.2 Å². The maximum Gasteiger partial charge on any atom is 0.324 e. The summed E-state index contributed by atoms with van der Waals surface area (Å²) in [6.07, 6.45) is 6.25. The first-order valence-corrected chi connectivity index (χ1v) is 6.54. The second kappa shape index (κ2) is 5.69. The Balaban J connectivity index is 2.34. The molecular weight excluding hydrogens is 240 g/mol. The van der Waals surface area contributed by atoms with Crippen molar-refractivity contribution in [1.29, 1.82) is 0 Å². The Hall–Kier alpha value is -2.10. The predicted octanol–water partition coefficient (Wildman–Crippen LogP) is 2.67. The van der Waals surface area contributed by atoms with Crippen molar-refractivity contribution in [2.24, 2.45) is 0 Å². The van der Waals surface area contributed by atoms with Gasteiger partial charge in [-0.2, -0.15) is 4.74 Å². The number of benzene rings is 1. The topological polar surface area (TPSA) is 46.4 Å². The first-order valence-electron chi connectivity index (χ1n) is 6.54. The number of hydrogen-bond donors (Lipinski definition) is 0. The van der Waals surface area contributed by atoms with Crippen LogP contribution in [0.5, 0.6) is 0 Å². The number of fused-ring (bicyclic) bond motifs is 1. The number of likely N-dealkylation sites (N-methyl/N-ethyl adjacent to an activating group) is 1. The van der Waals surface area contributed by atoms with E-state index in [0.29, 0.717) is 10.3 Å². The Bertz CT molecular complexity index is 547. The van der Waals surface area contributed by atoms with E-state index in [1.165, 1.54) is 11.1 Å². The van der Waals surface area contributed by atoms with Crippen LogP contribution < -0.4 is 4.90 Å². The predicted molar refractivity (Wildman–Crippen MR) is 76.3 cm³/mol. The average Bonchev–Trinajstić information content (AvgIpc) is 2.68. The van der Waals surface area contributed by atoms with Crippen molar-refractivity contribution in [2.75, 3.05) is 11.9 Å². The minimum atomic E-state index is -0.253. The van der Waals surface area contributed by atoms with Crippen LogP contribution in [0.25, 0.3) is 0 Å². The summed E-state index contributed by atoms with van der Waals surface area (Å²) in [6.45, 7) is 2.10. The largest absolute Gasteiger partial charge is 0.618 e. The van der Waals surface area contributed by atoms with Crippen LogP contribution in [0, 0.1) is 5.21 Å². The van der Waals surface area contributed by atoms with E-state index in [1.807, 2.05) is 24.3 Å². The highest BCUT2D eigenvalue weighted by molar-refractivity contribution is 6.52. The van der Waals surface area contributed by atoms with Gasteiger partial charge >= 0.3 is 5.91 Å². The third kappa shape index (κ3) is 2.52. The number of rotatable bonds is 4. The fourth-order valence-corrected chi connectivity index (χ4v) is 2.13. The van der Waals surface area contributed by atoms with Crippen molar-refractivity contribution in [3.8, 4) is 0 Å². The van der Waals surface area contributed by atoms with Gasteiger partial charge in [0.1, 0.15) is 0 Å². The summed E-state index contributed by atoms with van der Waals surface area (Å²) in [5, 5.41) is 12.1. The van der Waals surface area contributed by atoms with E-state index in [9.17, 15) is 10.0 Å². The molecule has 2 rings (SSSR count). The minimum Gasteiger partial charge on any atom is -0.618 e. The molecule has 0 saturated heterocycles. The van der Waals surface area contributed by atoms with Gasteiger partial charge in [-0.1, -0.05) is 25.5 Å². The smallest absolute Gasteiger partial charge is 0.324 e. The number of carbonyl (C=O) groups excluding carboxylic acids is 1. The maximum atomic E-state index is 12.1. The zero-order valence-corrected chi connectivity index (χ0v) is 11.3. The highest BCUT2D eigenvalue weighted by Gasteiger charge is 2.36. The van der Waals surface area contributed by atoms with Crippen LogP contribution in [0.4, 0.5) is 5.69 Å². The molecule has 19 heavy (non-hydrogen) atoms. The number of amides is 1. The molecule has 100 valence electrons. The van der Waals surface area contributed by atoms with Crippen LogP contribution in [-0.2, 0) is 4.79 Å². The van der Waals surface area contributed by atoms with Crippen LogP contribution in [0.3, 0.4) is 0 Å². The van der Waals surface area contributed by atoms with Crippen molar-refractivity contribution in [3.05, 3.63) is 47.3 Å².